The minimum absolute atomic E-state index is 0.0824. The molecule has 2 atom stereocenters. The maximum Gasteiger partial charge on any atom is 0.220 e. The van der Waals surface area contributed by atoms with Crippen LogP contribution in [0.3, 0.4) is 0 Å². The van der Waals surface area contributed by atoms with Gasteiger partial charge in [0.2, 0.25) is 5.91 Å². The molecule has 4 nitrogen and oxygen atoms in total. The summed E-state index contributed by atoms with van der Waals surface area (Å²) in [5.41, 5.74) is 3.07. The van der Waals surface area contributed by atoms with E-state index in [4.69, 9.17) is 0 Å². The summed E-state index contributed by atoms with van der Waals surface area (Å²) in [6.07, 6.45) is 5.24. The Balaban J connectivity index is 1.95. The van der Waals surface area contributed by atoms with E-state index in [9.17, 15) is 4.79 Å². The third-order valence-electron chi connectivity index (χ3n) is 5.85. The smallest absolute Gasteiger partial charge is 0.220 e. The molecule has 1 aliphatic rings. The Morgan fingerprint density at radius 3 is 2.59 bits per heavy atom. The molecule has 1 aromatic heterocycles. The topological polar surface area (TPSA) is 46.9 Å². The highest BCUT2D eigenvalue weighted by Gasteiger charge is 2.50. The number of benzene rings is 2. The van der Waals surface area contributed by atoms with Crippen molar-refractivity contribution in [3.63, 3.8) is 0 Å². The van der Waals surface area contributed by atoms with Gasteiger partial charge in [0, 0.05) is 34.9 Å². The minimum Gasteiger partial charge on any atom is -0.354 e. The van der Waals surface area contributed by atoms with Crippen LogP contribution < -0.4 is 5.32 Å². The van der Waals surface area contributed by atoms with E-state index in [-0.39, 0.29) is 17.9 Å². The number of halogens is 1. The monoisotopic (exact) mass is 451 g/mol. The molecule has 1 N–H and O–H groups in total. The molecule has 1 amide bonds. The quantitative estimate of drug-likeness (QED) is 0.548. The molecule has 0 fully saturated rings. The van der Waals surface area contributed by atoms with Crippen molar-refractivity contribution in [2.75, 3.05) is 0 Å². The third kappa shape index (κ3) is 3.21. The first-order valence-corrected chi connectivity index (χ1v) is 11.0. The Labute approximate surface area is 180 Å². The van der Waals surface area contributed by atoms with Crippen LogP contribution in [0.1, 0.15) is 44.7 Å². The lowest BCUT2D eigenvalue weighted by atomic mass is 9.70. The molecule has 3 aromatic rings. The van der Waals surface area contributed by atoms with Crippen molar-refractivity contribution in [1.29, 1.82) is 0 Å². The van der Waals surface area contributed by atoms with Gasteiger partial charge in [-0.15, -0.1) is 0 Å². The normalized spacial score (nSPS) is 18.4. The average Bonchev–Trinajstić information content (AvgIpc) is 3.27. The predicted molar refractivity (Wildman–Crippen MR) is 120 cm³/mol. The molecule has 150 valence electrons. The van der Waals surface area contributed by atoms with Crippen molar-refractivity contribution in [2.24, 2.45) is 5.92 Å². The summed E-state index contributed by atoms with van der Waals surface area (Å²) in [6, 6.07) is 17.1. The molecule has 4 rings (SSSR count). The Morgan fingerprint density at radius 2 is 1.90 bits per heavy atom. The van der Waals surface area contributed by atoms with Gasteiger partial charge in [-0.3, -0.25) is 4.79 Å². The SMILES string of the molecule is CCC(CC(=O)NC(C)C)C1(c2ccc(Br)cc2)c2ccccc2-c2nccn21. The lowest BCUT2D eigenvalue weighted by Crippen LogP contribution is -2.44. The highest BCUT2D eigenvalue weighted by molar-refractivity contribution is 9.10. The highest BCUT2D eigenvalue weighted by atomic mass is 79.9. The third-order valence-corrected chi connectivity index (χ3v) is 6.38. The summed E-state index contributed by atoms with van der Waals surface area (Å²) in [5, 5.41) is 3.08. The first-order chi connectivity index (χ1) is 14.0. The number of carbonyl (C=O) groups excluding carboxylic acids is 1. The van der Waals surface area contributed by atoms with Gasteiger partial charge in [0.1, 0.15) is 11.4 Å². The standard InChI is InChI=1S/C24H26BrN3O/c1-4-17(15-22(29)27-16(2)3)24(18-9-11-19(25)12-10-18)21-8-6-5-7-20(21)23-26-13-14-28(23)24/h5-14,16-17H,4,15H2,1-3H3,(H,27,29). The van der Waals surface area contributed by atoms with Crippen molar-refractivity contribution in [2.45, 2.75) is 45.2 Å². The van der Waals surface area contributed by atoms with E-state index in [0.717, 1.165) is 22.3 Å². The Bertz CT molecular complexity index is 1020. The number of hydrogen-bond donors (Lipinski definition) is 1. The molecule has 0 saturated heterocycles. The first-order valence-electron chi connectivity index (χ1n) is 10.2. The van der Waals surface area contributed by atoms with E-state index in [1.54, 1.807) is 0 Å². The van der Waals surface area contributed by atoms with Crippen LogP contribution in [0.5, 0.6) is 0 Å². The van der Waals surface area contributed by atoms with Crippen molar-refractivity contribution in [3.8, 4) is 11.4 Å². The fraction of sp³-hybridized carbons (Fsp3) is 0.333. The lowest BCUT2D eigenvalue weighted by molar-refractivity contribution is -0.123. The zero-order valence-corrected chi connectivity index (χ0v) is 18.6. The van der Waals surface area contributed by atoms with E-state index in [1.165, 1.54) is 11.1 Å². The predicted octanol–water partition coefficient (Wildman–Crippen LogP) is 5.36. The first kappa shape index (κ1) is 19.9. The molecule has 29 heavy (non-hydrogen) atoms. The molecule has 0 spiro atoms. The Morgan fingerprint density at radius 1 is 1.17 bits per heavy atom. The number of nitrogens with one attached hydrogen (secondary N) is 1. The molecule has 5 heteroatoms. The number of hydrogen-bond acceptors (Lipinski definition) is 2. The molecule has 2 unspecified atom stereocenters. The summed E-state index contributed by atoms with van der Waals surface area (Å²) in [6.45, 7) is 6.18. The largest absolute Gasteiger partial charge is 0.354 e. The molecule has 0 saturated carbocycles. The van der Waals surface area contributed by atoms with Crippen molar-refractivity contribution in [3.05, 3.63) is 76.5 Å². The van der Waals surface area contributed by atoms with Gasteiger partial charge in [-0.1, -0.05) is 59.3 Å². The van der Waals surface area contributed by atoms with Crippen LogP contribution in [0, 0.1) is 5.92 Å². The van der Waals surface area contributed by atoms with Crippen LogP contribution in [-0.4, -0.2) is 21.5 Å². The molecular weight excluding hydrogens is 426 g/mol. The van der Waals surface area contributed by atoms with Gasteiger partial charge in [0.05, 0.1) is 0 Å². The zero-order valence-electron chi connectivity index (χ0n) is 17.0. The van der Waals surface area contributed by atoms with Gasteiger partial charge in [0.15, 0.2) is 0 Å². The number of fused-ring (bicyclic) bond motifs is 3. The second kappa shape index (κ2) is 7.79. The van der Waals surface area contributed by atoms with Crippen LogP contribution in [0.4, 0.5) is 0 Å². The molecular formula is C24H26BrN3O. The highest BCUT2D eigenvalue weighted by Crippen LogP contribution is 2.52. The maximum atomic E-state index is 12.8. The van der Waals surface area contributed by atoms with Gasteiger partial charge in [-0.2, -0.15) is 0 Å². The van der Waals surface area contributed by atoms with Gasteiger partial charge >= 0.3 is 0 Å². The number of rotatable bonds is 6. The fourth-order valence-electron chi connectivity index (χ4n) is 4.77. The summed E-state index contributed by atoms with van der Waals surface area (Å²) in [4.78, 5) is 17.5. The minimum atomic E-state index is -0.466. The second-order valence-corrected chi connectivity index (χ2v) is 8.89. The number of aromatic nitrogens is 2. The van der Waals surface area contributed by atoms with E-state index < -0.39 is 5.54 Å². The van der Waals surface area contributed by atoms with Crippen LogP contribution >= 0.6 is 15.9 Å². The van der Waals surface area contributed by atoms with Crippen LogP contribution in [0.15, 0.2) is 65.4 Å². The number of carbonyl (C=O) groups is 1. The van der Waals surface area contributed by atoms with Gasteiger partial charge in [0.25, 0.3) is 0 Å². The molecule has 1 aliphatic heterocycles. The molecule has 2 aromatic carbocycles. The number of imidazole rings is 1. The lowest BCUT2D eigenvalue weighted by Gasteiger charge is -2.40. The number of nitrogens with zero attached hydrogens (tertiary/aromatic N) is 2. The Kier molecular flexibility index (Phi) is 5.34. The van der Waals surface area contributed by atoms with Crippen molar-refractivity contribution >= 4 is 21.8 Å². The van der Waals surface area contributed by atoms with E-state index >= 15 is 0 Å². The fourth-order valence-corrected chi connectivity index (χ4v) is 5.03. The summed E-state index contributed by atoms with van der Waals surface area (Å²) >= 11 is 3.57. The van der Waals surface area contributed by atoms with Gasteiger partial charge in [-0.25, -0.2) is 4.98 Å². The van der Waals surface area contributed by atoms with Gasteiger partial charge in [-0.05, 0) is 49.4 Å². The average molecular weight is 452 g/mol. The van der Waals surface area contributed by atoms with Crippen LogP contribution in [0.25, 0.3) is 11.4 Å². The van der Waals surface area contributed by atoms with E-state index in [2.05, 4.69) is 92.4 Å². The second-order valence-electron chi connectivity index (χ2n) is 7.97. The number of amides is 1. The summed E-state index contributed by atoms with van der Waals surface area (Å²) < 4.78 is 3.32. The summed E-state index contributed by atoms with van der Waals surface area (Å²) in [7, 11) is 0. The summed E-state index contributed by atoms with van der Waals surface area (Å²) in [5.74, 6) is 1.14. The van der Waals surface area contributed by atoms with E-state index in [1.807, 2.05) is 20.0 Å². The van der Waals surface area contributed by atoms with Gasteiger partial charge < -0.3 is 9.88 Å². The molecule has 0 radical (unpaired) electrons. The molecule has 2 heterocycles. The zero-order chi connectivity index (χ0) is 20.6. The van der Waals surface area contributed by atoms with Crippen LogP contribution in [0.2, 0.25) is 0 Å². The maximum absolute atomic E-state index is 12.8. The Hall–Kier alpha value is -2.40. The molecule has 0 aliphatic carbocycles. The van der Waals surface area contributed by atoms with Crippen molar-refractivity contribution < 1.29 is 4.79 Å². The van der Waals surface area contributed by atoms with Crippen molar-refractivity contribution in [1.82, 2.24) is 14.9 Å². The molecule has 0 bridgehead atoms. The van der Waals surface area contributed by atoms with E-state index in [0.29, 0.717) is 6.42 Å². The van der Waals surface area contributed by atoms with Crippen LogP contribution in [-0.2, 0) is 10.3 Å².